The van der Waals surface area contributed by atoms with Crippen molar-refractivity contribution in [1.82, 2.24) is 4.98 Å². The van der Waals surface area contributed by atoms with Crippen molar-refractivity contribution in [2.45, 2.75) is 13.3 Å². The molecule has 0 saturated carbocycles. The SMILES string of the molecule is CCc1ccc2oc(-c3cc(NC(=O)c4cccc5c(Br)cccc45)ccc3O)nc2c1. The summed E-state index contributed by atoms with van der Waals surface area (Å²) >= 11 is 3.54. The molecule has 1 amide bonds. The van der Waals surface area contributed by atoms with Gasteiger partial charge in [0, 0.05) is 15.7 Å². The van der Waals surface area contributed by atoms with Gasteiger partial charge in [-0.2, -0.15) is 0 Å². The molecule has 158 valence electrons. The van der Waals surface area contributed by atoms with E-state index in [2.05, 4.69) is 33.2 Å². The molecule has 0 bridgehead atoms. The van der Waals surface area contributed by atoms with Crippen LogP contribution in [0.1, 0.15) is 22.8 Å². The lowest BCUT2D eigenvalue weighted by atomic mass is 10.0. The van der Waals surface area contributed by atoms with E-state index in [-0.39, 0.29) is 11.7 Å². The molecule has 0 saturated heterocycles. The third-order valence-electron chi connectivity index (χ3n) is 5.46. The maximum absolute atomic E-state index is 13.1. The molecular weight excluding hydrogens is 468 g/mol. The second kappa shape index (κ2) is 8.13. The Morgan fingerprint density at radius 3 is 2.69 bits per heavy atom. The third-order valence-corrected chi connectivity index (χ3v) is 6.15. The van der Waals surface area contributed by atoms with Crippen LogP contribution in [0.25, 0.3) is 33.3 Å². The van der Waals surface area contributed by atoms with E-state index in [1.165, 1.54) is 6.07 Å². The number of hydrogen-bond donors (Lipinski definition) is 2. The molecule has 0 atom stereocenters. The number of rotatable bonds is 4. The number of halogens is 1. The van der Waals surface area contributed by atoms with Crippen molar-refractivity contribution in [3.05, 3.63) is 88.4 Å². The number of oxazole rings is 1. The Morgan fingerprint density at radius 2 is 1.84 bits per heavy atom. The number of anilines is 1. The summed E-state index contributed by atoms with van der Waals surface area (Å²) in [5.41, 5.74) is 4.04. The minimum absolute atomic E-state index is 0.0272. The molecule has 0 radical (unpaired) electrons. The second-order valence-corrected chi connectivity index (χ2v) is 8.36. The summed E-state index contributed by atoms with van der Waals surface area (Å²) < 4.78 is 6.79. The molecule has 5 nitrogen and oxygen atoms in total. The highest BCUT2D eigenvalue weighted by molar-refractivity contribution is 9.10. The zero-order chi connectivity index (χ0) is 22.2. The Labute approximate surface area is 192 Å². The van der Waals surface area contributed by atoms with Crippen LogP contribution < -0.4 is 5.32 Å². The molecule has 0 aliphatic rings. The molecule has 5 aromatic rings. The predicted octanol–water partition coefficient (Wildman–Crippen LogP) is 6.93. The van der Waals surface area contributed by atoms with E-state index in [4.69, 9.17) is 4.42 Å². The zero-order valence-electron chi connectivity index (χ0n) is 17.2. The number of nitrogens with zero attached hydrogens (tertiary/aromatic N) is 1. The maximum Gasteiger partial charge on any atom is 0.256 e. The number of aromatic hydroxyl groups is 1. The first-order chi connectivity index (χ1) is 15.5. The highest BCUT2D eigenvalue weighted by Crippen LogP contribution is 2.34. The summed E-state index contributed by atoms with van der Waals surface area (Å²) in [5, 5.41) is 15.2. The van der Waals surface area contributed by atoms with Crippen LogP contribution in [-0.4, -0.2) is 16.0 Å². The molecule has 2 N–H and O–H groups in total. The van der Waals surface area contributed by atoms with Crippen molar-refractivity contribution in [3.8, 4) is 17.2 Å². The number of carbonyl (C=O) groups excluding carboxylic acids is 1. The van der Waals surface area contributed by atoms with Crippen LogP contribution in [0.4, 0.5) is 5.69 Å². The topological polar surface area (TPSA) is 75.4 Å². The van der Waals surface area contributed by atoms with Gasteiger partial charge in [0.2, 0.25) is 5.89 Å². The van der Waals surface area contributed by atoms with Crippen molar-refractivity contribution < 1.29 is 14.3 Å². The van der Waals surface area contributed by atoms with Gasteiger partial charge in [0.25, 0.3) is 5.91 Å². The number of phenols is 1. The fourth-order valence-corrected chi connectivity index (χ4v) is 4.26. The average Bonchev–Trinajstić information content (AvgIpc) is 3.23. The Hall–Kier alpha value is -3.64. The van der Waals surface area contributed by atoms with Crippen LogP contribution in [0.3, 0.4) is 0 Å². The molecule has 0 aliphatic carbocycles. The Kier molecular flexibility index (Phi) is 5.15. The summed E-state index contributed by atoms with van der Waals surface area (Å²) in [6.07, 6.45) is 0.898. The molecular formula is C26H19BrN2O3. The first-order valence-electron chi connectivity index (χ1n) is 10.2. The monoisotopic (exact) mass is 486 g/mol. The highest BCUT2D eigenvalue weighted by atomic mass is 79.9. The van der Waals surface area contributed by atoms with Gasteiger partial charge in [-0.1, -0.05) is 53.2 Å². The number of amides is 1. The molecule has 4 aromatic carbocycles. The summed E-state index contributed by atoms with van der Waals surface area (Å²) in [6, 6.07) is 22.1. The van der Waals surface area contributed by atoms with Crippen molar-refractivity contribution in [3.63, 3.8) is 0 Å². The lowest BCUT2D eigenvalue weighted by Gasteiger charge is -2.10. The van der Waals surface area contributed by atoms with Crippen molar-refractivity contribution in [1.29, 1.82) is 0 Å². The highest BCUT2D eigenvalue weighted by Gasteiger charge is 2.16. The summed E-state index contributed by atoms with van der Waals surface area (Å²) in [7, 11) is 0. The number of fused-ring (bicyclic) bond motifs is 2. The predicted molar refractivity (Wildman–Crippen MR) is 130 cm³/mol. The van der Waals surface area contributed by atoms with Crippen molar-refractivity contribution >= 4 is 49.4 Å². The fourth-order valence-electron chi connectivity index (χ4n) is 3.76. The number of nitrogens with one attached hydrogen (secondary N) is 1. The Balaban J connectivity index is 1.50. The van der Waals surface area contributed by atoms with Gasteiger partial charge >= 0.3 is 0 Å². The minimum Gasteiger partial charge on any atom is -0.507 e. The standard InChI is InChI=1S/C26H19BrN2O3/c1-2-15-9-12-24-22(13-15)29-26(32-24)20-14-16(10-11-23(20)30)28-25(31)19-7-3-6-18-17(19)5-4-8-21(18)27/h3-14,30H,2H2,1H3,(H,28,31). The molecule has 0 aliphatic heterocycles. The van der Waals surface area contributed by atoms with Gasteiger partial charge < -0.3 is 14.8 Å². The van der Waals surface area contributed by atoms with Crippen molar-refractivity contribution in [2.24, 2.45) is 0 Å². The van der Waals surface area contributed by atoms with E-state index in [0.29, 0.717) is 28.3 Å². The van der Waals surface area contributed by atoms with E-state index in [9.17, 15) is 9.90 Å². The normalized spacial score (nSPS) is 11.2. The Bertz CT molecular complexity index is 1490. The number of hydrogen-bond acceptors (Lipinski definition) is 4. The number of phenolic OH excluding ortho intramolecular Hbond substituents is 1. The summed E-state index contributed by atoms with van der Waals surface area (Å²) in [5.74, 6) is 0.0887. The molecule has 1 aromatic heterocycles. The van der Waals surface area contributed by atoms with Gasteiger partial charge in [-0.25, -0.2) is 4.98 Å². The number of benzene rings is 4. The van der Waals surface area contributed by atoms with Gasteiger partial charge in [-0.3, -0.25) is 4.79 Å². The Morgan fingerprint density at radius 1 is 1.03 bits per heavy atom. The van der Waals surface area contributed by atoms with E-state index >= 15 is 0 Å². The average molecular weight is 487 g/mol. The lowest BCUT2D eigenvalue weighted by Crippen LogP contribution is -2.12. The van der Waals surface area contributed by atoms with Crippen LogP contribution in [0, 0.1) is 0 Å². The molecule has 5 rings (SSSR count). The number of aromatic nitrogens is 1. The van der Waals surface area contributed by atoms with Gasteiger partial charge in [0.15, 0.2) is 5.58 Å². The van der Waals surface area contributed by atoms with Crippen LogP contribution in [0.5, 0.6) is 5.75 Å². The molecule has 0 spiro atoms. The summed E-state index contributed by atoms with van der Waals surface area (Å²) in [6.45, 7) is 2.08. The molecule has 1 heterocycles. The van der Waals surface area contributed by atoms with E-state index in [0.717, 1.165) is 32.7 Å². The van der Waals surface area contributed by atoms with Gasteiger partial charge in [0.05, 0.1) is 5.56 Å². The minimum atomic E-state index is -0.240. The lowest BCUT2D eigenvalue weighted by molar-refractivity contribution is 0.102. The number of carbonyl (C=O) groups is 1. The van der Waals surface area contributed by atoms with Crippen LogP contribution in [-0.2, 0) is 6.42 Å². The van der Waals surface area contributed by atoms with E-state index in [1.807, 2.05) is 48.5 Å². The maximum atomic E-state index is 13.1. The van der Waals surface area contributed by atoms with Gasteiger partial charge in [0.1, 0.15) is 11.3 Å². The van der Waals surface area contributed by atoms with Gasteiger partial charge in [-0.05, 0) is 65.2 Å². The van der Waals surface area contributed by atoms with E-state index in [1.54, 1.807) is 18.2 Å². The van der Waals surface area contributed by atoms with Crippen LogP contribution >= 0.6 is 15.9 Å². The molecule has 6 heteroatoms. The largest absolute Gasteiger partial charge is 0.507 e. The second-order valence-electron chi connectivity index (χ2n) is 7.50. The fraction of sp³-hybridized carbons (Fsp3) is 0.0769. The first-order valence-corrected chi connectivity index (χ1v) is 11.0. The quantitative estimate of drug-likeness (QED) is 0.270. The zero-order valence-corrected chi connectivity index (χ0v) is 18.8. The van der Waals surface area contributed by atoms with Crippen molar-refractivity contribution in [2.75, 3.05) is 5.32 Å². The van der Waals surface area contributed by atoms with E-state index < -0.39 is 0 Å². The van der Waals surface area contributed by atoms with Crippen LogP contribution in [0.15, 0.2) is 81.7 Å². The third kappa shape index (κ3) is 3.63. The molecule has 32 heavy (non-hydrogen) atoms. The molecule has 0 unspecified atom stereocenters. The van der Waals surface area contributed by atoms with Crippen LogP contribution in [0.2, 0.25) is 0 Å². The summed E-state index contributed by atoms with van der Waals surface area (Å²) in [4.78, 5) is 17.6. The first kappa shape index (κ1) is 20.3. The van der Waals surface area contributed by atoms with Gasteiger partial charge in [-0.15, -0.1) is 0 Å². The molecule has 0 fully saturated rings. The number of aryl methyl sites for hydroxylation is 1. The smallest absolute Gasteiger partial charge is 0.256 e.